The van der Waals surface area contributed by atoms with E-state index in [-0.39, 0.29) is 18.7 Å². The first-order valence-electron chi connectivity index (χ1n) is 6.93. The Morgan fingerprint density at radius 1 is 1.28 bits per heavy atom. The van der Waals surface area contributed by atoms with Gasteiger partial charge in [0.25, 0.3) is 0 Å². The minimum absolute atomic E-state index is 0.0644. The molecule has 1 aliphatic carbocycles. The Kier molecular flexibility index (Phi) is 4.54. The molecular formula is C13H22F2N2O. The van der Waals surface area contributed by atoms with E-state index in [9.17, 15) is 13.6 Å². The van der Waals surface area contributed by atoms with Crippen molar-refractivity contribution in [3.8, 4) is 0 Å². The maximum Gasteiger partial charge on any atom is 0.248 e. The van der Waals surface area contributed by atoms with Crippen LogP contribution in [-0.4, -0.2) is 31.5 Å². The van der Waals surface area contributed by atoms with Crippen molar-refractivity contribution in [2.24, 2.45) is 11.8 Å². The molecule has 1 amide bonds. The predicted molar refractivity (Wildman–Crippen MR) is 65.5 cm³/mol. The number of nitrogens with one attached hydrogen (secondary N) is 2. The summed E-state index contributed by atoms with van der Waals surface area (Å²) in [6.07, 6.45) is 2.84. The van der Waals surface area contributed by atoms with Crippen molar-refractivity contribution in [2.45, 2.75) is 44.4 Å². The van der Waals surface area contributed by atoms with Crippen molar-refractivity contribution in [1.82, 2.24) is 10.6 Å². The number of alkyl halides is 2. The summed E-state index contributed by atoms with van der Waals surface area (Å²) in [4.78, 5) is 11.9. The zero-order valence-corrected chi connectivity index (χ0v) is 10.7. The van der Waals surface area contributed by atoms with E-state index in [0.717, 1.165) is 25.9 Å². The van der Waals surface area contributed by atoms with Crippen LogP contribution in [0.25, 0.3) is 0 Å². The van der Waals surface area contributed by atoms with Gasteiger partial charge in [0.2, 0.25) is 11.8 Å². The first-order chi connectivity index (χ1) is 8.57. The lowest BCUT2D eigenvalue weighted by Crippen LogP contribution is -2.41. The monoisotopic (exact) mass is 260 g/mol. The number of hydrogen-bond donors (Lipinski definition) is 2. The van der Waals surface area contributed by atoms with Gasteiger partial charge in [-0.15, -0.1) is 0 Å². The van der Waals surface area contributed by atoms with Crippen molar-refractivity contribution >= 4 is 5.91 Å². The molecular weight excluding hydrogens is 238 g/mol. The molecule has 1 atom stereocenters. The van der Waals surface area contributed by atoms with Crippen molar-refractivity contribution < 1.29 is 13.6 Å². The third-order valence-electron chi connectivity index (χ3n) is 4.03. The van der Waals surface area contributed by atoms with Gasteiger partial charge in [0.1, 0.15) is 0 Å². The normalized spacial score (nSPS) is 28.9. The first-order valence-corrected chi connectivity index (χ1v) is 6.93. The van der Waals surface area contributed by atoms with E-state index in [1.165, 1.54) is 0 Å². The summed E-state index contributed by atoms with van der Waals surface area (Å²) in [5.41, 5.74) is 0. The van der Waals surface area contributed by atoms with E-state index in [2.05, 4.69) is 10.6 Å². The third kappa shape index (κ3) is 3.90. The SMILES string of the molecule is O=C(NCC1CCNCC1)C1CCCC(F)(F)C1. The highest BCUT2D eigenvalue weighted by Gasteiger charge is 2.39. The zero-order valence-electron chi connectivity index (χ0n) is 10.7. The van der Waals surface area contributed by atoms with Crippen LogP contribution < -0.4 is 10.6 Å². The van der Waals surface area contributed by atoms with Crippen LogP contribution in [0.4, 0.5) is 8.78 Å². The lowest BCUT2D eigenvalue weighted by molar-refractivity contribution is -0.132. The van der Waals surface area contributed by atoms with Gasteiger partial charge in [0.15, 0.2) is 0 Å². The molecule has 0 aromatic rings. The Labute approximate surface area is 107 Å². The second kappa shape index (κ2) is 5.95. The molecule has 0 aromatic carbocycles. The van der Waals surface area contributed by atoms with Crippen LogP contribution in [0.2, 0.25) is 0 Å². The highest BCUT2D eigenvalue weighted by atomic mass is 19.3. The summed E-state index contributed by atoms with van der Waals surface area (Å²) < 4.78 is 26.4. The van der Waals surface area contributed by atoms with E-state index in [1.807, 2.05) is 0 Å². The molecule has 1 unspecified atom stereocenters. The molecule has 5 heteroatoms. The molecule has 18 heavy (non-hydrogen) atoms. The van der Waals surface area contributed by atoms with E-state index < -0.39 is 11.8 Å². The van der Waals surface area contributed by atoms with E-state index in [4.69, 9.17) is 0 Å². The number of carbonyl (C=O) groups is 1. The summed E-state index contributed by atoms with van der Waals surface area (Å²) >= 11 is 0. The van der Waals surface area contributed by atoms with Gasteiger partial charge in [-0.05, 0) is 44.7 Å². The van der Waals surface area contributed by atoms with Gasteiger partial charge >= 0.3 is 0 Å². The van der Waals surface area contributed by atoms with Crippen LogP contribution in [0.15, 0.2) is 0 Å². The number of rotatable bonds is 3. The van der Waals surface area contributed by atoms with Gasteiger partial charge in [-0.3, -0.25) is 4.79 Å². The number of carbonyl (C=O) groups excluding carboxylic acids is 1. The first kappa shape index (κ1) is 13.7. The van der Waals surface area contributed by atoms with Gasteiger partial charge in [-0.1, -0.05) is 0 Å². The molecule has 0 spiro atoms. The summed E-state index contributed by atoms with van der Waals surface area (Å²) in [5.74, 6) is -2.81. The summed E-state index contributed by atoms with van der Waals surface area (Å²) in [5, 5.41) is 6.12. The van der Waals surface area contributed by atoms with Crippen LogP contribution in [0.3, 0.4) is 0 Å². The fourth-order valence-corrected chi connectivity index (χ4v) is 2.87. The van der Waals surface area contributed by atoms with Crippen LogP contribution in [-0.2, 0) is 4.79 Å². The maximum absolute atomic E-state index is 13.2. The largest absolute Gasteiger partial charge is 0.356 e. The minimum atomic E-state index is -2.64. The van der Waals surface area contributed by atoms with E-state index >= 15 is 0 Å². The maximum atomic E-state index is 13.2. The molecule has 1 saturated carbocycles. The second-order valence-electron chi connectivity index (χ2n) is 5.59. The summed E-state index contributed by atoms with van der Waals surface area (Å²) in [7, 11) is 0. The molecule has 0 bridgehead atoms. The fraction of sp³-hybridized carbons (Fsp3) is 0.923. The summed E-state index contributed by atoms with van der Waals surface area (Å²) in [6, 6.07) is 0. The Morgan fingerprint density at radius 3 is 2.67 bits per heavy atom. The number of amides is 1. The van der Waals surface area contributed by atoms with Crippen molar-refractivity contribution in [2.75, 3.05) is 19.6 Å². The number of halogens is 2. The number of hydrogen-bond acceptors (Lipinski definition) is 2. The van der Waals surface area contributed by atoms with Crippen LogP contribution >= 0.6 is 0 Å². The Hall–Kier alpha value is -0.710. The second-order valence-corrected chi connectivity index (χ2v) is 5.59. The van der Waals surface area contributed by atoms with E-state index in [1.54, 1.807) is 0 Å². The molecule has 1 saturated heterocycles. The van der Waals surface area contributed by atoms with Gasteiger partial charge in [0, 0.05) is 25.3 Å². The van der Waals surface area contributed by atoms with Crippen LogP contribution in [0.1, 0.15) is 38.5 Å². The minimum Gasteiger partial charge on any atom is -0.356 e. The lowest BCUT2D eigenvalue weighted by Gasteiger charge is -2.29. The zero-order chi connectivity index (χ0) is 13.0. The highest BCUT2D eigenvalue weighted by molar-refractivity contribution is 5.78. The van der Waals surface area contributed by atoms with Crippen molar-refractivity contribution in [3.63, 3.8) is 0 Å². The van der Waals surface area contributed by atoms with Gasteiger partial charge in [-0.2, -0.15) is 0 Å². The lowest BCUT2D eigenvalue weighted by atomic mass is 9.86. The standard InChI is InChI=1S/C13H22F2N2O/c14-13(15)5-1-2-11(8-13)12(18)17-9-10-3-6-16-7-4-10/h10-11,16H,1-9H2,(H,17,18). The molecule has 1 heterocycles. The number of piperidine rings is 1. The molecule has 2 fully saturated rings. The quantitative estimate of drug-likeness (QED) is 0.814. The van der Waals surface area contributed by atoms with Crippen LogP contribution in [0, 0.1) is 11.8 Å². The highest BCUT2D eigenvalue weighted by Crippen LogP contribution is 2.36. The molecule has 2 rings (SSSR count). The van der Waals surface area contributed by atoms with E-state index in [0.29, 0.717) is 25.3 Å². The van der Waals surface area contributed by atoms with Crippen molar-refractivity contribution in [3.05, 3.63) is 0 Å². The summed E-state index contributed by atoms with van der Waals surface area (Å²) in [6.45, 7) is 2.62. The average Bonchev–Trinajstić information content (AvgIpc) is 2.36. The molecule has 0 radical (unpaired) electrons. The molecule has 3 nitrogen and oxygen atoms in total. The van der Waals surface area contributed by atoms with Crippen LogP contribution in [0.5, 0.6) is 0 Å². The topological polar surface area (TPSA) is 41.1 Å². The third-order valence-corrected chi connectivity index (χ3v) is 4.03. The Bertz CT molecular complexity index is 291. The fourth-order valence-electron chi connectivity index (χ4n) is 2.87. The van der Waals surface area contributed by atoms with Gasteiger partial charge in [0.05, 0.1) is 0 Å². The average molecular weight is 260 g/mol. The van der Waals surface area contributed by atoms with Gasteiger partial charge in [-0.25, -0.2) is 8.78 Å². The molecule has 2 N–H and O–H groups in total. The molecule has 104 valence electrons. The van der Waals surface area contributed by atoms with Gasteiger partial charge < -0.3 is 10.6 Å². The molecule has 0 aromatic heterocycles. The Balaban J connectivity index is 1.73. The molecule has 2 aliphatic rings. The predicted octanol–water partition coefficient (Wildman–Crippen LogP) is 1.93. The molecule has 1 aliphatic heterocycles. The smallest absolute Gasteiger partial charge is 0.248 e. The Morgan fingerprint density at radius 2 is 2.00 bits per heavy atom. The van der Waals surface area contributed by atoms with Crippen molar-refractivity contribution in [1.29, 1.82) is 0 Å².